The molecule has 0 bridgehead atoms. The van der Waals surface area contributed by atoms with Gasteiger partial charge in [0.05, 0.1) is 0 Å². The van der Waals surface area contributed by atoms with Crippen LogP contribution in [0.15, 0.2) is 24.3 Å². The Bertz CT molecular complexity index is 436. The van der Waals surface area contributed by atoms with Gasteiger partial charge in [0.1, 0.15) is 5.75 Å². The number of amides is 1. The number of carbonyl (C=O) groups is 1. The van der Waals surface area contributed by atoms with Gasteiger partial charge >= 0.3 is 0 Å². The molecule has 1 aliphatic rings. The molecule has 0 aromatic heterocycles. The summed E-state index contributed by atoms with van der Waals surface area (Å²) >= 11 is 0. The van der Waals surface area contributed by atoms with E-state index in [1.165, 1.54) is 5.56 Å². The highest BCUT2D eigenvalue weighted by atomic mass is 16.3. The fourth-order valence-electron chi connectivity index (χ4n) is 2.80. The molecule has 0 spiro atoms. The molecule has 1 atom stereocenters. The number of phenolic OH excluding ortho intramolecular Hbond substituents is 1. The van der Waals surface area contributed by atoms with Crippen molar-refractivity contribution in [2.75, 3.05) is 19.6 Å². The molecule has 4 heteroatoms. The lowest BCUT2D eigenvalue weighted by atomic mass is 9.94. The van der Waals surface area contributed by atoms with Crippen molar-refractivity contribution in [1.82, 2.24) is 10.2 Å². The van der Waals surface area contributed by atoms with Gasteiger partial charge in [-0.05, 0) is 56.5 Å². The Balaban J connectivity index is 1.83. The SMILES string of the molecule is CC(=O)NCC1CCN(C(C)c2ccc(O)cc2)CC1. The van der Waals surface area contributed by atoms with Crippen LogP contribution in [0, 0.1) is 5.92 Å². The summed E-state index contributed by atoms with van der Waals surface area (Å²) in [6, 6.07) is 7.84. The van der Waals surface area contributed by atoms with Gasteiger partial charge in [0.25, 0.3) is 0 Å². The Kier molecular flexibility index (Phi) is 5.01. The highest BCUT2D eigenvalue weighted by Gasteiger charge is 2.23. The first-order valence-electron chi connectivity index (χ1n) is 7.33. The molecule has 1 amide bonds. The average Bonchev–Trinajstić information content (AvgIpc) is 2.46. The van der Waals surface area contributed by atoms with E-state index in [1.54, 1.807) is 19.1 Å². The Hall–Kier alpha value is -1.55. The van der Waals surface area contributed by atoms with E-state index in [4.69, 9.17) is 0 Å². The minimum absolute atomic E-state index is 0.0601. The molecule has 0 saturated carbocycles. The molecule has 1 saturated heterocycles. The van der Waals surface area contributed by atoms with Gasteiger partial charge in [0, 0.05) is 19.5 Å². The summed E-state index contributed by atoms with van der Waals surface area (Å²) in [6.07, 6.45) is 2.26. The van der Waals surface area contributed by atoms with Crippen molar-refractivity contribution in [2.24, 2.45) is 5.92 Å². The fourth-order valence-corrected chi connectivity index (χ4v) is 2.80. The number of phenols is 1. The molecular formula is C16H24N2O2. The van der Waals surface area contributed by atoms with Crippen molar-refractivity contribution >= 4 is 5.91 Å². The highest BCUT2D eigenvalue weighted by molar-refractivity contribution is 5.72. The molecule has 0 radical (unpaired) electrons. The third-order valence-electron chi connectivity index (χ3n) is 4.21. The van der Waals surface area contributed by atoms with E-state index < -0.39 is 0 Å². The summed E-state index contributed by atoms with van der Waals surface area (Å²) in [7, 11) is 0. The maximum atomic E-state index is 10.9. The molecule has 110 valence electrons. The van der Waals surface area contributed by atoms with Gasteiger partial charge in [-0.1, -0.05) is 12.1 Å². The quantitative estimate of drug-likeness (QED) is 0.887. The summed E-state index contributed by atoms with van der Waals surface area (Å²) in [5.74, 6) is 0.974. The van der Waals surface area contributed by atoms with Crippen LogP contribution in [0.5, 0.6) is 5.75 Å². The van der Waals surface area contributed by atoms with Crippen LogP contribution in [0.3, 0.4) is 0 Å². The Morgan fingerprint density at radius 3 is 2.50 bits per heavy atom. The van der Waals surface area contributed by atoms with E-state index >= 15 is 0 Å². The number of hydrogen-bond acceptors (Lipinski definition) is 3. The number of rotatable bonds is 4. The molecule has 1 unspecified atom stereocenters. The molecular weight excluding hydrogens is 252 g/mol. The van der Waals surface area contributed by atoms with Gasteiger partial charge in [-0.25, -0.2) is 0 Å². The number of nitrogens with one attached hydrogen (secondary N) is 1. The van der Waals surface area contributed by atoms with Gasteiger partial charge in [0.15, 0.2) is 0 Å². The minimum atomic E-state index is 0.0601. The van der Waals surface area contributed by atoms with E-state index in [2.05, 4.69) is 17.1 Å². The van der Waals surface area contributed by atoms with Crippen LogP contribution in [0.1, 0.15) is 38.3 Å². The van der Waals surface area contributed by atoms with Crippen LogP contribution < -0.4 is 5.32 Å². The van der Waals surface area contributed by atoms with E-state index in [-0.39, 0.29) is 5.91 Å². The predicted molar refractivity (Wildman–Crippen MR) is 79.5 cm³/mol. The monoisotopic (exact) mass is 276 g/mol. The number of likely N-dealkylation sites (tertiary alicyclic amines) is 1. The molecule has 20 heavy (non-hydrogen) atoms. The molecule has 0 aliphatic carbocycles. The first-order valence-corrected chi connectivity index (χ1v) is 7.33. The number of carbonyl (C=O) groups excluding carboxylic acids is 1. The zero-order valence-corrected chi connectivity index (χ0v) is 12.3. The molecule has 1 aliphatic heterocycles. The lowest BCUT2D eigenvalue weighted by Crippen LogP contribution is -2.39. The largest absolute Gasteiger partial charge is 0.508 e. The maximum Gasteiger partial charge on any atom is 0.216 e. The topological polar surface area (TPSA) is 52.6 Å². The van der Waals surface area contributed by atoms with Crippen molar-refractivity contribution in [3.05, 3.63) is 29.8 Å². The van der Waals surface area contributed by atoms with Crippen LogP contribution in [0.4, 0.5) is 0 Å². The molecule has 1 fully saturated rings. The second kappa shape index (κ2) is 6.75. The summed E-state index contributed by atoms with van der Waals surface area (Å²) in [5, 5.41) is 12.3. The van der Waals surface area contributed by atoms with E-state index in [0.717, 1.165) is 32.5 Å². The number of piperidine rings is 1. The van der Waals surface area contributed by atoms with Crippen LogP contribution in [-0.2, 0) is 4.79 Å². The lowest BCUT2D eigenvalue weighted by molar-refractivity contribution is -0.119. The zero-order valence-electron chi connectivity index (χ0n) is 12.3. The van der Waals surface area contributed by atoms with Crippen molar-refractivity contribution < 1.29 is 9.90 Å². The van der Waals surface area contributed by atoms with E-state index in [9.17, 15) is 9.90 Å². The number of benzene rings is 1. The zero-order chi connectivity index (χ0) is 14.5. The number of aromatic hydroxyl groups is 1. The molecule has 1 aromatic carbocycles. The first-order chi connectivity index (χ1) is 9.56. The van der Waals surface area contributed by atoms with Crippen LogP contribution in [-0.4, -0.2) is 35.5 Å². The minimum Gasteiger partial charge on any atom is -0.508 e. The van der Waals surface area contributed by atoms with Crippen molar-refractivity contribution in [3.63, 3.8) is 0 Å². The Labute approximate surface area is 120 Å². The molecule has 4 nitrogen and oxygen atoms in total. The first kappa shape index (κ1) is 14.9. The molecule has 2 N–H and O–H groups in total. The Morgan fingerprint density at radius 1 is 1.35 bits per heavy atom. The summed E-state index contributed by atoms with van der Waals surface area (Å²) < 4.78 is 0. The van der Waals surface area contributed by atoms with Crippen LogP contribution in [0.2, 0.25) is 0 Å². The van der Waals surface area contributed by atoms with E-state index in [1.807, 2.05) is 12.1 Å². The second-order valence-corrected chi connectivity index (χ2v) is 5.68. The standard InChI is InChI=1S/C16H24N2O2/c1-12(15-3-5-16(20)6-4-15)18-9-7-14(8-10-18)11-17-13(2)19/h3-6,12,14,20H,7-11H2,1-2H3,(H,17,19). The third-order valence-corrected chi connectivity index (χ3v) is 4.21. The predicted octanol–water partition coefficient (Wildman–Crippen LogP) is 2.30. The van der Waals surface area contributed by atoms with Crippen molar-refractivity contribution in [1.29, 1.82) is 0 Å². The summed E-state index contributed by atoms with van der Waals surface area (Å²) in [4.78, 5) is 13.4. The molecule has 1 heterocycles. The number of hydrogen-bond donors (Lipinski definition) is 2. The summed E-state index contributed by atoms with van der Waals surface area (Å²) in [5.41, 5.74) is 1.24. The highest BCUT2D eigenvalue weighted by Crippen LogP contribution is 2.27. The van der Waals surface area contributed by atoms with Gasteiger partial charge in [-0.15, -0.1) is 0 Å². The van der Waals surface area contributed by atoms with Crippen LogP contribution >= 0.6 is 0 Å². The average molecular weight is 276 g/mol. The van der Waals surface area contributed by atoms with E-state index in [0.29, 0.717) is 17.7 Å². The number of nitrogens with zero attached hydrogens (tertiary/aromatic N) is 1. The van der Waals surface area contributed by atoms with Crippen molar-refractivity contribution in [3.8, 4) is 5.75 Å². The van der Waals surface area contributed by atoms with Gasteiger partial charge < -0.3 is 10.4 Å². The Morgan fingerprint density at radius 2 is 1.95 bits per heavy atom. The smallest absolute Gasteiger partial charge is 0.216 e. The normalized spacial score (nSPS) is 18.7. The van der Waals surface area contributed by atoms with Gasteiger partial charge in [-0.2, -0.15) is 0 Å². The molecule has 1 aromatic rings. The lowest BCUT2D eigenvalue weighted by Gasteiger charge is -2.36. The second-order valence-electron chi connectivity index (χ2n) is 5.68. The third kappa shape index (κ3) is 3.97. The maximum absolute atomic E-state index is 10.9. The summed E-state index contributed by atoms with van der Waals surface area (Å²) in [6.45, 7) is 6.71. The van der Waals surface area contributed by atoms with Crippen molar-refractivity contribution in [2.45, 2.75) is 32.7 Å². The van der Waals surface area contributed by atoms with Crippen LogP contribution in [0.25, 0.3) is 0 Å². The fraction of sp³-hybridized carbons (Fsp3) is 0.562. The molecule has 2 rings (SSSR count). The van der Waals surface area contributed by atoms with Gasteiger partial charge in [0.2, 0.25) is 5.91 Å². The van der Waals surface area contributed by atoms with Gasteiger partial charge in [-0.3, -0.25) is 9.69 Å².